The van der Waals surface area contributed by atoms with Crippen LogP contribution in [0, 0.1) is 0 Å². The van der Waals surface area contributed by atoms with Gasteiger partial charge >= 0.3 is 0 Å². The molecule has 48 heavy (non-hydrogen) atoms. The van der Waals surface area contributed by atoms with E-state index in [0.29, 0.717) is 0 Å². The molecule has 234 valence electrons. The fourth-order valence-electron chi connectivity index (χ4n) is 6.35. The van der Waals surface area contributed by atoms with Crippen LogP contribution < -0.4 is 9.47 Å². The van der Waals surface area contributed by atoms with Gasteiger partial charge in [0.25, 0.3) is 0 Å². The Balaban J connectivity index is 1.00. The van der Waals surface area contributed by atoms with Gasteiger partial charge in [0, 0.05) is 44.1 Å². The van der Waals surface area contributed by atoms with E-state index in [0.717, 1.165) is 115 Å². The van der Waals surface area contributed by atoms with Crippen LogP contribution in [0.15, 0.2) is 121 Å². The second-order valence-electron chi connectivity index (χ2n) is 12.1. The summed E-state index contributed by atoms with van der Waals surface area (Å²) in [5.41, 5.74) is 9.87. The molecule has 4 heterocycles. The molecular weight excluding hydrogens is 592 g/mol. The van der Waals surface area contributed by atoms with Crippen LogP contribution in [-0.4, -0.2) is 34.2 Å². The van der Waals surface area contributed by atoms with Crippen molar-refractivity contribution in [3.8, 4) is 34.0 Å². The lowest BCUT2D eigenvalue weighted by molar-refractivity contribution is 0.415. The van der Waals surface area contributed by atoms with Gasteiger partial charge in [-0.25, -0.2) is 9.97 Å². The van der Waals surface area contributed by atoms with Crippen molar-refractivity contribution in [1.29, 1.82) is 0 Å². The lowest BCUT2D eigenvalue weighted by Gasteiger charge is -2.09. The van der Waals surface area contributed by atoms with Crippen LogP contribution in [0.3, 0.4) is 0 Å². The highest BCUT2D eigenvalue weighted by Gasteiger charge is 2.10. The standard InChI is InChI=1S/C42H34N4O2/c1-47-35-21-13-27(14-22-35)37-25-17-31-9-7-29-11-19-33(43-39(29)41(31)45-37)5-3-4-6-34-20-12-30-8-10-32-18-26-38(46-42(32)40(30)44-34)28-15-23-36(48-2)24-16-28/h7-26H,3-6H2,1-2H3. The van der Waals surface area contributed by atoms with Gasteiger partial charge in [-0.05, 0) is 98.5 Å². The predicted molar refractivity (Wildman–Crippen MR) is 195 cm³/mol. The molecule has 0 saturated carbocycles. The Morgan fingerprint density at radius 1 is 0.375 bits per heavy atom. The molecule has 0 spiro atoms. The van der Waals surface area contributed by atoms with Gasteiger partial charge in [-0.1, -0.05) is 48.5 Å². The summed E-state index contributed by atoms with van der Waals surface area (Å²) in [6.45, 7) is 0. The topological polar surface area (TPSA) is 70.0 Å². The molecule has 0 radical (unpaired) electrons. The molecule has 0 aliphatic carbocycles. The molecule has 6 nitrogen and oxygen atoms in total. The van der Waals surface area contributed by atoms with Gasteiger partial charge in [-0.3, -0.25) is 9.97 Å². The smallest absolute Gasteiger partial charge is 0.118 e. The number of aryl methyl sites for hydroxylation is 2. The number of hydrogen-bond donors (Lipinski definition) is 0. The van der Waals surface area contributed by atoms with Crippen LogP contribution in [0.1, 0.15) is 24.2 Å². The van der Waals surface area contributed by atoms with Crippen molar-refractivity contribution in [3.63, 3.8) is 0 Å². The molecule has 4 aromatic heterocycles. The minimum Gasteiger partial charge on any atom is -0.497 e. The number of nitrogens with zero attached hydrogens (tertiary/aromatic N) is 4. The molecule has 0 saturated heterocycles. The molecule has 0 fully saturated rings. The largest absolute Gasteiger partial charge is 0.497 e. The van der Waals surface area contributed by atoms with Gasteiger partial charge in [0.2, 0.25) is 0 Å². The van der Waals surface area contributed by atoms with E-state index < -0.39 is 0 Å². The predicted octanol–water partition coefficient (Wildman–Crippen LogP) is 9.80. The highest BCUT2D eigenvalue weighted by atomic mass is 16.5. The van der Waals surface area contributed by atoms with Crippen LogP contribution in [0.2, 0.25) is 0 Å². The summed E-state index contributed by atoms with van der Waals surface area (Å²) in [6, 6.07) is 41.6. The molecule has 0 bridgehead atoms. The third kappa shape index (κ3) is 5.77. The molecular formula is C42H34N4O2. The normalized spacial score (nSPS) is 11.5. The Morgan fingerprint density at radius 3 is 1.08 bits per heavy atom. The maximum Gasteiger partial charge on any atom is 0.118 e. The zero-order chi connectivity index (χ0) is 32.5. The van der Waals surface area contributed by atoms with E-state index in [4.69, 9.17) is 29.4 Å². The zero-order valence-corrected chi connectivity index (χ0v) is 27.0. The maximum atomic E-state index is 5.33. The van der Waals surface area contributed by atoms with Crippen molar-refractivity contribution in [3.05, 3.63) is 133 Å². The number of ether oxygens (including phenoxy) is 2. The quantitative estimate of drug-likeness (QED) is 0.117. The number of hydrogen-bond acceptors (Lipinski definition) is 6. The number of pyridine rings is 4. The van der Waals surface area contributed by atoms with Crippen molar-refractivity contribution in [2.45, 2.75) is 25.7 Å². The molecule has 0 unspecified atom stereocenters. The Labute approximate surface area is 279 Å². The van der Waals surface area contributed by atoms with E-state index in [-0.39, 0.29) is 0 Å². The van der Waals surface area contributed by atoms with E-state index in [1.54, 1.807) is 14.2 Å². The third-order valence-electron chi connectivity index (χ3n) is 9.04. The molecule has 8 aromatic rings. The van der Waals surface area contributed by atoms with Crippen LogP contribution in [0.4, 0.5) is 0 Å². The molecule has 0 aliphatic rings. The average Bonchev–Trinajstić information content (AvgIpc) is 3.16. The van der Waals surface area contributed by atoms with Gasteiger partial charge in [0.1, 0.15) is 11.5 Å². The lowest BCUT2D eigenvalue weighted by Crippen LogP contribution is -1.96. The summed E-state index contributed by atoms with van der Waals surface area (Å²) < 4.78 is 10.7. The zero-order valence-electron chi connectivity index (χ0n) is 27.0. The number of aromatic nitrogens is 4. The van der Waals surface area contributed by atoms with E-state index in [9.17, 15) is 0 Å². The van der Waals surface area contributed by atoms with E-state index in [2.05, 4.69) is 72.8 Å². The number of fused-ring (bicyclic) bond motifs is 6. The SMILES string of the molecule is COc1ccc(-c2ccc3ccc4ccc(CCCCc5ccc6ccc7ccc(-c8ccc(OC)cc8)nc7c6n5)nc4c3n2)cc1. The fourth-order valence-corrected chi connectivity index (χ4v) is 6.35. The van der Waals surface area contributed by atoms with E-state index >= 15 is 0 Å². The molecule has 6 heteroatoms. The number of methoxy groups -OCH3 is 2. The highest BCUT2D eigenvalue weighted by molar-refractivity contribution is 6.04. The van der Waals surface area contributed by atoms with Gasteiger partial charge < -0.3 is 9.47 Å². The molecule has 4 aromatic carbocycles. The summed E-state index contributed by atoms with van der Waals surface area (Å²) >= 11 is 0. The summed E-state index contributed by atoms with van der Waals surface area (Å²) in [5.74, 6) is 1.66. The van der Waals surface area contributed by atoms with Crippen molar-refractivity contribution >= 4 is 43.6 Å². The second-order valence-corrected chi connectivity index (χ2v) is 12.1. The van der Waals surface area contributed by atoms with Gasteiger partial charge in [0.15, 0.2) is 0 Å². The van der Waals surface area contributed by atoms with Crippen molar-refractivity contribution in [2.24, 2.45) is 0 Å². The first kappa shape index (κ1) is 29.5. The van der Waals surface area contributed by atoms with Gasteiger partial charge in [0.05, 0.1) is 47.7 Å². The third-order valence-corrected chi connectivity index (χ3v) is 9.04. The Morgan fingerprint density at radius 2 is 0.708 bits per heavy atom. The fraction of sp³-hybridized carbons (Fsp3) is 0.143. The Hall–Kier alpha value is -5.88. The van der Waals surface area contributed by atoms with Crippen LogP contribution >= 0.6 is 0 Å². The summed E-state index contributed by atoms with van der Waals surface area (Å²) in [7, 11) is 3.36. The van der Waals surface area contributed by atoms with Gasteiger partial charge in [-0.15, -0.1) is 0 Å². The summed E-state index contributed by atoms with van der Waals surface area (Å²) in [6.07, 6.45) is 3.83. The van der Waals surface area contributed by atoms with Crippen molar-refractivity contribution < 1.29 is 9.47 Å². The van der Waals surface area contributed by atoms with Crippen molar-refractivity contribution in [1.82, 2.24) is 19.9 Å². The second kappa shape index (κ2) is 12.7. The van der Waals surface area contributed by atoms with Crippen LogP contribution in [0.25, 0.3) is 66.1 Å². The first-order valence-corrected chi connectivity index (χ1v) is 16.3. The molecule has 0 amide bonds. The summed E-state index contributed by atoms with van der Waals surface area (Å²) in [4.78, 5) is 20.4. The van der Waals surface area contributed by atoms with Crippen LogP contribution in [-0.2, 0) is 12.8 Å². The molecule has 0 aliphatic heterocycles. The Kier molecular flexibility index (Phi) is 7.83. The highest BCUT2D eigenvalue weighted by Crippen LogP contribution is 2.29. The summed E-state index contributed by atoms with van der Waals surface area (Å²) in [5, 5.41) is 4.37. The number of benzene rings is 4. The molecule has 8 rings (SSSR count). The monoisotopic (exact) mass is 626 g/mol. The van der Waals surface area contributed by atoms with E-state index in [1.165, 1.54) is 0 Å². The number of rotatable bonds is 9. The Bertz CT molecular complexity index is 2250. The van der Waals surface area contributed by atoms with Crippen LogP contribution in [0.5, 0.6) is 11.5 Å². The first-order valence-electron chi connectivity index (χ1n) is 16.3. The lowest BCUT2D eigenvalue weighted by atomic mass is 10.0. The minimum atomic E-state index is 0.831. The molecule has 0 N–H and O–H groups in total. The number of unbranched alkanes of at least 4 members (excludes halogenated alkanes) is 1. The van der Waals surface area contributed by atoms with E-state index in [1.807, 2.05) is 48.5 Å². The maximum absolute atomic E-state index is 5.33. The first-order chi connectivity index (χ1) is 23.6. The molecule has 0 atom stereocenters. The van der Waals surface area contributed by atoms with Gasteiger partial charge in [-0.2, -0.15) is 0 Å². The minimum absolute atomic E-state index is 0.831. The average molecular weight is 627 g/mol. The van der Waals surface area contributed by atoms with Crippen molar-refractivity contribution in [2.75, 3.05) is 14.2 Å².